The summed E-state index contributed by atoms with van der Waals surface area (Å²) in [6.07, 6.45) is 4.90. The van der Waals surface area contributed by atoms with Crippen molar-refractivity contribution in [1.82, 2.24) is 9.58 Å². The summed E-state index contributed by atoms with van der Waals surface area (Å²) in [6.45, 7) is 0.484. The van der Waals surface area contributed by atoms with Gasteiger partial charge in [-0.15, -0.1) is 0 Å². The van der Waals surface area contributed by atoms with E-state index in [1.54, 1.807) is 41.4 Å². The fourth-order valence-electron chi connectivity index (χ4n) is 4.17. The lowest BCUT2D eigenvalue weighted by Gasteiger charge is -2.43. The Morgan fingerprint density at radius 3 is 2.64 bits per heavy atom. The number of hydrogen-bond acceptors (Lipinski definition) is 5. The number of para-hydroxylation sites is 1. The third kappa shape index (κ3) is 3.51. The lowest BCUT2D eigenvalue weighted by atomic mass is 9.96. The molecular formula is C24H19F2N3O4. The van der Waals surface area contributed by atoms with Gasteiger partial charge in [0, 0.05) is 24.4 Å². The van der Waals surface area contributed by atoms with Crippen LogP contribution in [0.2, 0.25) is 0 Å². The van der Waals surface area contributed by atoms with Crippen LogP contribution in [0.4, 0.5) is 8.78 Å². The molecule has 1 atom stereocenters. The highest BCUT2D eigenvalue weighted by Gasteiger charge is 2.37. The minimum atomic E-state index is -1.02. The molecule has 0 unspecified atom stereocenters. The van der Waals surface area contributed by atoms with Gasteiger partial charge in [-0.05, 0) is 29.8 Å². The molecule has 2 aliphatic rings. The van der Waals surface area contributed by atoms with Crippen LogP contribution in [0.15, 0.2) is 71.7 Å². The number of aromatic hydroxyl groups is 1. The van der Waals surface area contributed by atoms with Gasteiger partial charge in [0.1, 0.15) is 25.1 Å². The van der Waals surface area contributed by atoms with Crippen LogP contribution in [0.5, 0.6) is 11.5 Å². The molecule has 1 aromatic heterocycles. The zero-order valence-electron chi connectivity index (χ0n) is 17.3. The lowest BCUT2D eigenvalue weighted by molar-refractivity contribution is 0.0701. The van der Waals surface area contributed by atoms with E-state index in [-0.39, 0.29) is 25.5 Å². The third-order valence-corrected chi connectivity index (χ3v) is 5.73. The largest absolute Gasteiger partial charge is 0.502 e. The van der Waals surface area contributed by atoms with Gasteiger partial charge in [-0.3, -0.25) is 19.3 Å². The minimum Gasteiger partial charge on any atom is -0.502 e. The summed E-state index contributed by atoms with van der Waals surface area (Å²) in [7, 11) is 0. The van der Waals surface area contributed by atoms with Crippen molar-refractivity contribution in [3.63, 3.8) is 0 Å². The number of rotatable bonds is 1. The van der Waals surface area contributed by atoms with E-state index in [0.29, 0.717) is 16.9 Å². The highest BCUT2D eigenvalue weighted by Crippen LogP contribution is 2.37. The van der Waals surface area contributed by atoms with Gasteiger partial charge in [0.05, 0.1) is 0 Å². The fraction of sp³-hybridized carbons (Fsp3) is 0.167. The van der Waals surface area contributed by atoms with Crippen molar-refractivity contribution in [2.24, 2.45) is 0 Å². The Hall–Kier alpha value is -4.14. The number of halogens is 2. The van der Waals surface area contributed by atoms with E-state index >= 15 is 0 Å². The molecule has 2 aliphatic heterocycles. The summed E-state index contributed by atoms with van der Waals surface area (Å²) in [5.41, 5.74) is 0.143. The van der Waals surface area contributed by atoms with Crippen LogP contribution < -0.4 is 15.2 Å². The van der Waals surface area contributed by atoms with Crippen molar-refractivity contribution in [3.05, 3.63) is 106 Å². The summed E-state index contributed by atoms with van der Waals surface area (Å²) in [5.74, 6) is -2.68. The molecule has 33 heavy (non-hydrogen) atoms. The molecule has 0 fully saturated rings. The Bertz CT molecular complexity index is 1340. The van der Waals surface area contributed by atoms with Crippen molar-refractivity contribution in [3.8, 4) is 11.5 Å². The van der Waals surface area contributed by atoms with E-state index in [0.717, 1.165) is 18.2 Å². The van der Waals surface area contributed by atoms with Crippen LogP contribution in [0.3, 0.4) is 0 Å². The van der Waals surface area contributed by atoms with Gasteiger partial charge >= 0.3 is 0 Å². The first kappa shape index (κ1) is 20.7. The average Bonchev–Trinajstić information content (AvgIpc) is 2.84. The quantitative estimate of drug-likeness (QED) is 0.576. The highest BCUT2D eigenvalue weighted by molar-refractivity contribution is 5.96. The number of ether oxygens (including phenoxy) is 1. The number of fused-ring (bicyclic) bond motifs is 5. The molecule has 0 saturated carbocycles. The summed E-state index contributed by atoms with van der Waals surface area (Å²) < 4.78 is 35.4. The third-order valence-electron chi connectivity index (χ3n) is 5.73. The van der Waals surface area contributed by atoms with Crippen LogP contribution in [0, 0.1) is 11.6 Å². The van der Waals surface area contributed by atoms with Crippen LogP contribution in [-0.2, 0) is 0 Å². The van der Waals surface area contributed by atoms with E-state index in [4.69, 9.17) is 4.74 Å². The topological polar surface area (TPSA) is 75.0 Å². The number of pyridine rings is 1. The number of amides is 1. The van der Waals surface area contributed by atoms with Crippen LogP contribution in [-0.4, -0.2) is 40.4 Å². The van der Waals surface area contributed by atoms with Gasteiger partial charge in [-0.2, -0.15) is 0 Å². The smallest absolute Gasteiger partial charge is 0.278 e. The number of hydrogen-bond donors (Lipinski definition) is 1. The Kier molecular flexibility index (Phi) is 5.08. The molecule has 2 aromatic carbocycles. The number of nitrogens with zero attached hydrogens (tertiary/aromatic N) is 3. The van der Waals surface area contributed by atoms with Crippen molar-refractivity contribution < 1.29 is 23.4 Å². The zero-order valence-corrected chi connectivity index (χ0v) is 17.3. The van der Waals surface area contributed by atoms with Crippen molar-refractivity contribution in [2.45, 2.75) is 6.04 Å². The van der Waals surface area contributed by atoms with Gasteiger partial charge < -0.3 is 14.7 Å². The molecule has 7 nitrogen and oxygen atoms in total. The van der Waals surface area contributed by atoms with E-state index in [2.05, 4.69) is 0 Å². The Morgan fingerprint density at radius 1 is 1.00 bits per heavy atom. The molecular weight excluding hydrogens is 432 g/mol. The first-order valence-corrected chi connectivity index (χ1v) is 10.3. The SMILES string of the molecule is O=C1c2c(O)c(=O)ccn2N2CN1C/C=C\COc1ccccc1[C@@H]2c1ccc(F)c(F)c1. The predicted octanol–water partition coefficient (Wildman–Crippen LogP) is 2.92. The number of carbonyl (C=O) groups excluding carboxylic acids is 1. The second kappa shape index (κ2) is 8.09. The van der Waals surface area contributed by atoms with Gasteiger partial charge in [0.2, 0.25) is 5.43 Å². The molecule has 1 N–H and O–H groups in total. The maximum Gasteiger partial charge on any atom is 0.278 e. The molecule has 9 heteroatoms. The van der Waals surface area contributed by atoms with Crippen LogP contribution in [0.25, 0.3) is 0 Å². The molecule has 5 rings (SSSR count). The fourth-order valence-corrected chi connectivity index (χ4v) is 4.17. The standard InChI is InChI=1S/C24H19F2N3O4/c25-17-8-7-15(13-18(17)26)21-16-5-1-2-6-20(16)33-12-4-3-10-27-14-29(21)28-11-9-19(30)23(31)22(28)24(27)32/h1-9,11,13,21,31H,10,12,14H2/b4-3-/t21-/m0/s1. The number of carbonyl (C=O) groups is 1. The van der Waals surface area contributed by atoms with Crippen molar-refractivity contribution in [2.75, 3.05) is 24.8 Å². The average molecular weight is 451 g/mol. The van der Waals surface area contributed by atoms with E-state index in [1.807, 2.05) is 0 Å². The predicted molar refractivity (Wildman–Crippen MR) is 116 cm³/mol. The van der Waals surface area contributed by atoms with Crippen LogP contribution >= 0.6 is 0 Å². The normalized spacial score (nSPS) is 18.6. The molecule has 0 aliphatic carbocycles. The first-order chi connectivity index (χ1) is 16.0. The Morgan fingerprint density at radius 2 is 1.82 bits per heavy atom. The first-order valence-electron chi connectivity index (χ1n) is 10.3. The summed E-state index contributed by atoms with van der Waals surface area (Å²) in [4.78, 5) is 26.7. The monoisotopic (exact) mass is 451 g/mol. The Labute approximate surface area is 187 Å². The van der Waals surface area contributed by atoms with Gasteiger partial charge in [0.25, 0.3) is 5.91 Å². The Balaban J connectivity index is 1.81. The van der Waals surface area contributed by atoms with Crippen molar-refractivity contribution >= 4 is 5.91 Å². The highest BCUT2D eigenvalue weighted by atomic mass is 19.2. The van der Waals surface area contributed by atoms with E-state index < -0.39 is 34.8 Å². The maximum absolute atomic E-state index is 14.3. The molecule has 0 radical (unpaired) electrons. The van der Waals surface area contributed by atoms with Crippen LogP contribution in [0.1, 0.15) is 27.7 Å². The van der Waals surface area contributed by atoms with Gasteiger partial charge in [-0.1, -0.05) is 30.3 Å². The summed E-state index contributed by atoms with van der Waals surface area (Å²) >= 11 is 0. The maximum atomic E-state index is 14.3. The molecule has 0 spiro atoms. The number of benzene rings is 2. The second-order valence-corrected chi connectivity index (χ2v) is 7.73. The summed E-state index contributed by atoms with van der Waals surface area (Å²) in [5, 5.41) is 12.2. The molecule has 1 amide bonds. The van der Waals surface area contributed by atoms with E-state index in [1.165, 1.54) is 21.8 Å². The molecule has 168 valence electrons. The molecule has 2 bridgehead atoms. The zero-order chi connectivity index (χ0) is 23.1. The lowest BCUT2D eigenvalue weighted by Crippen LogP contribution is -2.55. The molecule has 0 saturated heterocycles. The number of aromatic nitrogens is 1. The van der Waals surface area contributed by atoms with E-state index in [9.17, 15) is 23.5 Å². The molecule has 3 aromatic rings. The minimum absolute atomic E-state index is 0.0521. The summed E-state index contributed by atoms with van der Waals surface area (Å²) in [6, 6.07) is 11.2. The second-order valence-electron chi connectivity index (χ2n) is 7.73. The van der Waals surface area contributed by atoms with Gasteiger partial charge in [0.15, 0.2) is 23.1 Å². The van der Waals surface area contributed by atoms with Crippen molar-refractivity contribution in [1.29, 1.82) is 0 Å². The van der Waals surface area contributed by atoms with Gasteiger partial charge in [-0.25, -0.2) is 8.78 Å². The molecule has 3 heterocycles.